The summed E-state index contributed by atoms with van der Waals surface area (Å²) in [5.41, 5.74) is -0.0400. The molecular weight excluding hydrogens is 304 g/mol. The Kier molecular flexibility index (Phi) is 3.55. The molecule has 0 radical (unpaired) electrons. The van der Waals surface area contributed by atoms with E-state index in [0.717, 1.165) is 19.3 Å². The summed E-state index contributed by atoms with van der Waals surface area (Å²) in [5, 5.41) is 6.17. The summed E-state index contributed by atoms with van der Waals surface area (Å²) in [6.45, 7) is 3.98. The first kappa shape index (κ1) is 15.5. The number of nitrogens with one attached hydrogen (secondary N) is 2. The summed E-state index contributed by atoms with van der Waals surface area (Å²) in [6, 6.07) is 7.55. The van der Waals surface area contributed by atoms with Crippen LogP contribution in [0.4, 0.5) is 0 Å². The molecule has 0 unspecified atom stereocenters. The van der Waals surface area contributed by atoms with Crippen molar-refractivity contribution < 1.29 is 14.3 Å². The molecule has 3 fully saturated rings. The van der Waals surface area contributed by atoms with Crippen molar-refractivity contribution in [3.05, 3.63) is 29.8 Å². The third-order valence-electron chi connectivity index (χ3n) is 5.73. The van der Waals surface area contributed by atoms with Gasteiger partial charge in [-0.15, -0.1) is 0 Å². The highest BCUT2D eigenvalue weighted by Crippen LogP contribution is 2.52. The zero-order chi connectivity index (χ0) is 16.9. The first-order valence-electron chi connectivity index (χ1n) is 8.89. The van der Waals surface area contributed by atoms with Gasteiger partial charge in [-0.2, -0.15) is 0 Å². The van der Waals surface area contributed by atoms with Crippen molar-refractivity contribution in [3.8, 4) is 5.75 Å². The Labute approximate surface area is 142 Å². The van der Waals surface area contributed by atoms with Crippen molar-refractivity contribution in [2.75, 3.05) is 0 Å². The average Bonchev–Trinajstić information content (AvgIpc) is 2.54. The monoisotopic (exact) mass is 328 g/mol. The maximum atomic E-state index is 12.5. The molecule has 3 aliphatic carbocycles. The van der Waals surface area contributed by atoms with Gasteiger partial charge in [-0.05, 0) is 51.2 Å². The Morgan fingerprint density at radius 3 is 2.83 bits per heavy atom. The molecule has 2 bridgehead atoms. The largest absolute Gasteiger partial charge is 0.467 e. The van der Waals surface area contributed by atoms with Gasteiger partial charge in [-0.1, -0.05) is 12.1 Å². The molecule has 5 rings (SSSR count). The molecule has 1 spiro atoms. The van der Waals surface area contributed by atoms with Crippen LogP contribution in [0.15, 0.2) is 24.3 Å². The molecule has 1 aromatic rings. The van der Waals surface area contributed by atoms with Gasteiger partial charge in [-0.25, -0.2) is 0 Å². The zero-order valence-corrected chi connectivity index (χ0v) is 14.2. The fourth-order valence-electron chi connectivity index (χ4n) is 4.67. The van der Waals surface area contributed by atoms with Crippen LogP contribution in [0.3, 0.4) is 0 Å². The van der Waals surface area contributed by atoms with Crippen LogP contribution in [0.5, 0.6) is 5.75 Å². The normalized spacial score (nSPS) is 33.8. The second-order valence-corrected chi connectivity index (χ2v) is 7.69. The molecule has 4 atom stereocenters. The smallest absolute Gasteiger partial charge is 0.258 e. The van der Waals surface area contributed by atoms with Gasteiger partial charge < -0.3 is 15.4 Å². The summed E-state index contributed by atoms with van der Waals surface area (Å²) < 4.78 is 6.31. The van der Waals surface area contributed by atoms with Crippen molar-refractivity contribution in [3.63, 3.8) is 0 Å². The minimum atomic E-state index is -0.636. The Morgan fingerprint density at radius 1 is 1.33 bits per heavy atom. The molecule has 5 heteroatoms. The molecule has 128 valence electrons. The van der Waals surface area contributed by atoms with Gasteiger partial charge >= 0.3 is 0 Å². The first-order chi connectivity index (χ1) is 11.5. The minimum absolute atomic E-state index is 0.0365. The summed E-state index contributed by atoms with van der Waals surface area (Å²) in [5.74, 6) is 1.23. The Bertz CT molecular complexity index is 687. The van der Waals surface area contributed by atoms with Gasteiger partial charge in [0.2, 0.25) is 5.91 Å². The molecule has 1 heterocycles. The lowest BCUT2D eigenvalue weighted by Gasteiger charge is -2.55. The van der Waals surface area contributed by atoms with Gasteiger partial charge in [-0.3, -0.25) is 9.59 Å². The van der Waals surface area contributed by atoms with E-state index in [2.05, 4.69) is 10.6 Å². The Morgan fingerprint density at radius 2 is 2.12 bits per heavy atom. The topological polar surface area (TPSA) is 67.4 Å². The number of benzene rings is 1. The predicted molar refractivity (Wildman–Crippen MR) is 89.5 cm³/mol. The number of para-hydroxylation sites is 1. The van der Waals surface area contributed by atoms with E-state index in [0.29, 0.717) is 17.7 Å². The van der Waals surface area contributed by atoms with Crippen LogP contribution in [0.1, 0.15) is 49.9 Å². The third-order valence-corrected chi connectivity index (χ3v) is 5.73. The minimum Gasteiger partial charge on any atom is -0.467 e. The molecular formula is C19H24N2O3. The van der Waals surface area contributed by atoms with E-state index in [4.69, 9.17) is 4.74 Å². The number of carbonyl (C=O) groups excluding carboxylic acids is 2. The number of hydrogen-bond acceptors (Lipinski definition) is 3. The van der Waals surface area contributed by atoms with Gasteiger partial charge in [0, 0.05) is 24.3 Å². The second-order valence-electron chi connectivity index (χ2n) is 7.69. The van der Waals surface area contributed by atoms with Crippen LogP contribution in [0, 0.1) is 17.8 Å². The summed E-state index contributed by atoms with van der Waals surface area (Å²) in [4.78, 5) is 25.0. The Balaban J connectivity index is 1.58. The average molecular weight is 328 g/mol. The maximum absolute atomic E-state index is 12.5. The van der Waals surface area contributed by atoms with Crippen molar-refractivity contribution in [1.82, 2.24) is 10.6 Å². The number of ether oxygens (including phenoxy) is 1. The molecule has 2 N–H and O–H groups in total. The molecule has 24 heavy (non-hydrogen) atoms. The second kappa shape index (κ2) is 5.50. The van der Waals surface area contributed by atoms with E-state index in [1.165, 1.54) is 0 Å². The van der Waals surface area contributed by atoms with Crippen LogP contribution in [-0.2, 0) is 4.79 Å². The van der Waals surface area contributed by atoms with E-state index >= 15 is 0 Å². The summed E-state index contributed by atoms with van der Waals surface area (Å²) in [7, 11) is 0. The quantitative estimate of drug-likeness (QED) is 0.876. The summed E-state index contributed by atoms with van der Waals surface area (Å²) in [6.07, 6.45) is 3.53. The predicted octanol–water partition coefficient (Wildman–Crippen LogP) is 2.47. The highest BCUT2D eigenvalue weighted by molar-refractivity contribution is 5.98. The van der Waals surface area contributed by atoms with Gasteiger partial charge in [0.25, 0.3) is 5.91 Å². The number of carbonyl (C=O) groups is 2. The molecule has 3 saturated carbocycles. The number of fused-ring (bicyclic) bond motifs is 3. The lowest BCUT2D eigenvalue weighted by atomic mass is 9.60. The van der Waals surface area contributed by atoms with Crippen molar-refractivity contribution in [2.24, 2.45) is 17.8 Å². The fraction of sp³-hybridized carbons (Fsp3) is 0.579. The number of amides is 2. The highest BCUT2D eigenvalue weighted by Gasteiger charge is 2.57. The lowest BCUT2D eigenvalue weighted by Crippen LogP contribution is -2.67. The van der Waals surface area contributed by atoms with E-state index in [1.54, 1.807) is 6.07 Å². The van der Waals surface area contributed by atoms with Gasteiger partial charge in [0.05, 0.1) is 5.56 Å². The van der Waals surface area contributed by atoms with Crippen molar-refractivity contribution in [2.45, 2.75) is 51.3 Å². The molecule has 5 nitrogen and oxygen atoms in total. The fourth-order valence-corrected chi connectivity index (χ4v) is 4.67. The van der Waals surface area contributed by atoms with E-state index < -0.39 is 5.72 Å². The van der Waals surface area contributed by atoms with Crippen molar-refractivity contribution >= 4 is 11.8 Å². The lowest BCUT2D eigenvalue weighted by molar-refractivity contribution is -0.147. The van der Waals surface area contributed by atoms with E-state index in [9.17, 15) is 9.59 Å². The number of rotatable bonds is 2. The van der Waals surface area contributed by atoms with Gasteiger partial charge in [0.15, 0.2) is 5.72 Å². The van der Waals surface area contributed by atoms with Crippen LogP contribution >= 0.6 is 0 Å². The van der Waals surface area contributed by atoms with Crippen molar-refractivity contribution in [1.29, 1.82) is 0 Å². The SMILES string of the molecule is CC(C)NC(=O)[C@@H]1C[C@@H]2CC[C@@H]1C[C@@]21NC(=O)c2ccccc2O1. The molecule has 0 saturated heterocycles. The van der Waals surface area contributed by atoms with Crippen LogP contribution in [0.2, 0.25) is 0 Å². The molecule has 1 aromatic carbocycles. The summed E-state index contributed by atoms with van der Waals surface area (Å²) >= 11 is 0. The van der Waals surface area contributed by atoms with Crippen LogP contribution in [-0.4, -0.2) is 23.6 Å². The molecule has 2 amide bonds. The molecule has 0 aromatic heterocycles. The Hall–Kier alpha value is -2.04. The number of hydrogen-bond donors (Lipinski definition) is 2. The third kappa shape index (κ3) is 2.38. The van der Waals surface area contributed by atoms with E-state index in [-0.39, 0.29) is 35.6 Å². The van der Waals surface area contributed by atoms with Crippen LogP contribution < -0.4 is 15.4 Å². The van der Waals surface area contributed by atoms with Gasteiger partial charge in [0.1, 0.15) is 5.75 Å². The van der Waals surface area contributed by atoms with E-state index in [1.807, 2.05) is 32.0 Å². The van der Waals surface area contributed by atoms with Crippen LogP contribution in [0.25, 0.3) is 0 Å². The zero-order valence-electron chi connectivity index (χ0n) is 14.2. The maximum Gasteiger partial charge on any atom is 0.258 e. The molecule has 4 aliphatic rings. The highest BCUT2D eigenvalue weighted by atomic mass is 16.5. The first-order valence-corrected chi connectivity index (χ1v) is 8.89. The standard InChI is InChI=1S/C19H24N2O3/c1-11(2)20-17(22)15-9-13-8-7-12(15)10-19(13)21-18(23)14-5-3-4-6-16(14)24-19/h3-6,11-13,15H,7-10H2,1-2H3,(H,20,22)(H,21,23)/t12-,13+,15-,19+/m1/s1. The molecule has 1 aliphatic heterocycles.